The Bertz CT molecular complexity index is 517. The smallest absolute Gasteiger partial charge is 0.191 e. The summed E-state index contributed by atoms with van der Waals surface area (Å²) in [6.45, 7) is 8.22. The summed E-state index contributed by atoms with van der Waals surface area (Å²) in [5.74, 6) is 0.828. The van der Waals surface area contributed by atoms with Crippen molar-refractivity contribution in [3.05, 3.63) is 34.9 Å². The van der Waals surface area contributed by atoms with Crippen molar-refractivity contribution in [2.75, 3.05) is 33.4 Å². The largest absolute Gasteiger partial charge is 0.379 e. The van der Waals surface area contributed by atoms with Gasteiger partial charge in [0.05, 0.1) is 12.7 Å². The van der Waals surface area contributed by atoms with E-state index < -0.39 is 0 Å². The maximum atomic E-state index is 5.75. The first-order chi connectivity index (χ1) is 11.2. The van der Waals surface area contributed by atoms with Crippen molar-refractivity contribution in [2.45, 2.75) is 39.3 Å². The van der Waals surface area contributed by atoms with Crippen LogP contribution in [0.3, 0.4) is 0 Å². The molecule has 5 nitrogen and oxygen atoms in total. The Kier molecular flexibility index (Phi) is 10.3. The van der Waals surface area contributed by atoms with E-state index in [2.05, 4.69) is 47.7 Å². The summed E-state index contributed by atoms with van der Waals surface area (Å²) in [6.07, 6.45) is 2.27. The van der Waals surface area contributed by atoms with E-state index >= 15 is 0 Å². The summed E-state index contributed by atoms with van der Waals surface area (Å²) in [6, 6.07) is 6.52. The fraction of sp³-hybridized carbons (Fsp3) is 0.611. The predicted molar refractivity (Wildman–Crippen MR) is 109 cm³/mol. The maximum Gasteiger partial charge on any atom is 0.191 e. The highest BCUT2D eigenvalue weighted by Crippen LogP contribution is 2.10. The minimum Gasteiger partial charge on any atom is -0.379 e. The van der Waals surface area contributed by atoms with Gasteiger partial charge in [-0.05, 0) is 37.8 Å². The van der Waals surface area contributed by atoms with Gasteiger partial charge in [-0.1, -0.05) is 23.8 Å². The molecule has 0 saturated carbocycles. The molecule has 1 aliphatic heterocycles. The molecule has 0 spiro atoms. The highest BCUT2D eigenvalue weighted by Gasteiger charge is 2.15. The van der Waals surface area contributed by atoms with Crippen molar-refractivity contribution in [1.29, 1.82) is 0 Å². The van der Waals surface area contributed by atoms with Gasteiger partial charge in [-0.2, -0.15) is 0 Å². The number of aliphatic imine (C=N–C) groups is 1. The van der Waals surface area contributed by atoms with Crippen LogP contribution in [-0.4, -0.2) is 45.5 Å². The molecular weight excluding hydrogens is 417 g/mol. The minimum atomic E-state index is 0. The van der Waals surface area contributed by atoms with E-state index in [-0.39, 0.29) is 30.1 Å². The number of aryl methyl sites for hydroxylation is 2. The minimum absolute atomic E-state index is 0. The molecule has 1 aromatic carbocycles. The Morgan fingerprint density at radius 3 is 2.83 bits per heavy atom. The van der Waals surface area contributed by atoms with Crippen LogP contribution in [0.2, 0.25) is 0 Å². The molecular formula is C18H30IN3O2. The second-order valence-electron chi connectivity index (χ2n) is 5.99. The molecule has 136 valence electrons. The third-order valence-electron chi connectivity index (χ3n) is 4.02. The van der Waals surface area contributed by atoms with Gasteiger partial charge in [0.15, 0.2) is 5.96 Å². The first kappa shape index (κ1) is 21.2. The average Bonchev–Trinajstić information content (AvgIpc) is 3.05. The van der Waals surface area contributed by atoms with E-state index in [1.807, 2.05) is 0 Å². The number of benzene rings is 1. The quantitative estimate of drug-likeness (QED) is 0.292. The van der Waals surface area contributed by atoms with E-state index in [9.17, 15) is 0 Å². The first-order valence-electron chi connectivity index (χ1n) is 8.39. The number of nitrogens with zero attached hydrogens (tertiary/aromatic N) is 1. The second kappa shape index (κ2) is 11.7. The van der Waals surface area contributed by atoms with Crippen LogP contribution >= 0.6 is 24.0 Å². The molecule has 24 heavy (non-hydrogen) atoms. The molecule has 0 aromatic heterocycles. The number of hydrogen-bond acceptors (Lipinski definition) is 3. The molecule has 2 rings (SSSR count). The van der Waals surface area contributed by atoms with E-state index in [0.29, 0.717) is 0 Å². The standard InChI is InChI=1S/C18H29N3O2.HI/c1-14-5-6-16(15(2)11-14)12-21-18(19-3)20-8-4-9-23-17-7-10-22-13-17;/h5-6,11,17H,4,7-10,12-13H2,1-3H3,(H2,19,20,21);1H. The summed E-state index contributed by atoms with van der Waals surface area (Å²) < 4.78 is 11.0. The van der Waals surface area contributed by atoms with Crippen molar-refractivity contribution in [1.82, 2.24) is 10.6 Å². The molecule has 6 heteroatoms. The van der Waals surface area contributed by atoms with Crippen LogP contribution in [0.1, 0.15) is 29.5 Å². The summed E-state index contributed by atoms with van der Waals surface area (Å²) in [5.41, 5.74) is 3.89. The summed E-state index contributed by atoms with van der Waals surface area (Å²) in [5, 5.41) is 6.68. The van der Waals surface area contributed by atoms with Gasteiger partial charge >= 0.3 is 0 Å². The number of rotatable bonds is 7. The number of halogens is 1. The highest BCUT2D eigenvalue weighted by molar-refractivity contribution is 14.0. The van der Waals surface area contributed by atoms with Gasteiger partial charge in [0.1, 0.15) is 0 Å². The maximum absolute atomic E-state index is 5.75. The molecule has 1 aliphatic rings. The normalized spacial score (nSPS) is 17.5. The van der Waals surface area contributed by atoms with Gasteiger partial charge < -0.3 is 20.1 Å². The van der Waals surface area contributed by atoms with Crippen molar-refractivity contribution in [3.63, 3.8) is 0 Å². The van der Waals surface area contributed by atoms with Crippen molar-refractivity contribution in [3.8, 4) is 0 Å². The zero-order valence-electron chi connectivity index (χ0n) is 14.9. The van der Waals surface area contributed by atoms with Gasteiger partial charge in [0, 0.05) is 33.4 Å². The number of guanidine groups is 1. The monoisotopic (exact) mass is 447 g/mol. The average molecular weight is 447 g/mol. The molecule has 0 aliphatic carbocycles. The summed E-state index contributed by atoms with van der Waals surface area (Å²) in [4.78, 5) is 4.26. The summed E-state index contributed by atoms with van der Waals surface area (Å²) in [7, 11) is 1.80. The fourth-order valence-corrected chi connectivity index (χ4v) is 2.62. The highest BCUT2D eigenvalue weighted by atomic mass is 127. The third-order valence-corrected chi connectivity index (χ3v) is 4.02. The Hall–Kier alpha value is -0.860. The first-order valence-corrected chi connectivity index (χ1v) is 8.39. The number of hydrogen-bond donors (Lipinski definition) is 2. The van der Waals surface area contributed by atoms with E-state index in [1.165, 1.54) is 16.7 Å². The number of nitrogens with one attached hydrogen (secondary N) is 2. The molecule has 0 amide bonds. The zero-order valence-corrected chi connectivity index (χ0v) is 17.3. The van der Waals surface area contributed by atoms with Gasteiger partial charge in [-0.3, -0.25) is 4.99 Å². The lowest BCUT2D eigenvalue weighted by Crippen LogP contribution is -2.37. The predicted octanol–water partition coefficient (Wildman–Crippen LogP) is 2.78. The van der Waals surface area contributed by atoms with Crippen LogP contribution in [0.25, 0.3) is 0 Å². The molecule has 1 fully saturated rings. The van der Waals surface area contributed by atoms with Crippen LogP contribution in [0.15, 0.2) is 23.2 Å². The fourth-order valence-electron chi connectivity index (χ4n) is 2.62. The molecule has 1 heterocycles. The van der Waals surface area contributed by atoms with Gasteiger partial charge in [-0.15, -0.1) is 24.0 Å². The van der Waals surface area contributed by atoms with E-state index in [0.717, 1.165) is 51.7 Å². The lowest BCUT2D eigenvalue weighted by molar-refractivity contribution is 0.0420. The van der Waals surface area contributed by atoms with E-state index in [1.54, 1.807) is 7.05 Å². The molecule has 1 saturated heterocycles. The van der Waals surface area contributed by atoms with Crippen LogP contribution in [0.5, 0.6) is 0 Å². The molecule has 1 aromatic rings. The van der Waals surface area contributed by atoms with Crippen molar-refractivity contribution in [2.24, 2.45) is 4.99 Å². The molecule has 1 atom stereocenters. The van der Waals surface area contributed by atoms with Crippen molar-refractivity contribution >= 4 is 29.9 Å². The zero-order chi connectivity index (χ0) is 16.5. The van der Waals surface area contributed by atoms with Crippen LogP contribution in [0.4, 0.5) is 0 Å². The molecule has 2 N–H and O–H groups in total. The van der Waals surface area contributed by atoms with Gasteiger partial charge in [-0.25, -0.2) is 0 Å². The molecule has 0 radical (unpaired) electrons. The van der Waals surface area contributed by atoms with Gasteiger partial charge in [0.25, 0.3) is 0 Å². The Balaban J connectivity index is 0.00000288. The lowest BCUT2D eigenvalue weighted by Gasteiger charge is -2.14. The Labute approximate surface area is 162 Å². The van der Waals surface area contributed by atoms with E-state index in [4.69, 9.17) is 9.47 Å². The molecule has 1 unspecified atom stereocenters. The van der Waals surface area contributed by atoms with Crippen LogP contribution in [-0.2, 0) is 16.0 Å². The Morgan fingerprint density at radius 1 is 1.33 bits per heavy atom. The molecule has 0 bridgehead atoms. The third kappa shape index (κ3) is 7.36. The Morgan fingerprint density at radius 2 is 2.17 bits per heavy atom. The summed E-state index contributed by atoms with van der Waals surface area (Å²) >= 11 is 0. The van der Waals surface area contributed by atoms with Gasteiger partial charge in [0.2, 0.25) is 0 Å². The SMILES string of the molecule is CN=C(NCCCOC1CCOC1)NCc1ccc(C)cc1C.I. The van der Waals surface area contributed by atoms with Crippen molar-refractivity contribution < 1.29 is 9.47 Å². The lowest BCUT2D eigenvalue weighted by atomic mass is 10.1. The van der Waals surface area contributed by atoms with Crippen LogP contribution in [0, 0.1) is 13.8 Å². The second-order valence-corrected chi connectivity index (χ2v) is 5.99. The van der Waals surface area contributed by atoms with Crippen LogP contribution < -0.4 is 10.6 Å². The topological polar surface area (TPSA) is 54.9 Å². The number of ether oxygens (including phenoxy) is 2.